The van der Waals surface area contributed by atoms with Crippen LogP contribution in [0, 0.1) is 5.92 Å². The van der Waals surface area contributed by atoms with Gasteiger partial charge in [-0.15, -0.1) is 0 Å². The third kappa shape index (κ3) is 3.23. The minimum absolute atomic E-state index is 0.111. The van der Waals surface area contributed by atoms with E-state index in [2.05, 4.69) is 6.92 Å². The predicted molar refractivity (Wildman–Crippen MR) is 101 cm³/mol. The zero-order chi connectivity index (χ0) is 18.8. The highest BCUT2D eigenvalue weighted by molar-refractivity contribution is 5.91. The molecule has 1 aromatic carbocycles. The van der Waals surface area contributed by atoms with Gasteiger partial charge < -0.3 is 19.0 Å². The highest BCUT2D eigenvalue weighted by Crippen LogP contribution is 2.46. The van der Waals surface area contributed by atoms with E-state index < -0.39 is 11.7 Å². The van der Waals surface area contributed by atoms with Gasteiger partial charge >= 0.3 is 5.63 Å². The third-order valence-electron chi connectivity index (χ3n) is 5.00. The first-order valence-corrected chi connectivity index (χ1v) is 9.20. The van der Waals surface area contributed by atoms with Crippen LogP contribution in [0.3, 0.4) is 0 Å². The van der Waals surface area contributed by atoms with Gasteiger partial charge in [0.1, 0.15) is 24.2 Å². The summed E-state index contributed by atoms with van der Waals surface area (Å²) in [6, 6.07) is 3.33. The van der Waals surface area contributed by atoms with E-state index in [9.17, 15) is 9.90 Å². The van der Waals surface area contributed by atoms with Crippen molar-refractivity contribution in [2.45, 2.75) is 52.7 Å². The van der Waals surface area contributed by atoms with Crippen molar-refractivity contribution < 1.29 is 19.0 Å². The quantitative estimate of drug-likeness (QED) is 0.642. The van der Waals surface area contributed by atoms with Crippen LogP contribution in [-0.4, -0.2) is 17.8 Å². The summed E-state index contributed by atoms with van der Waals surface area (Å²) in [7, 11) is 0. The fourth-order valence-corrected chi connectivity index (χ4v) is 3.40. The first-order valence-electron chi connectivity index (χ1n) is 9.20. The van der Waals surface area contributed by atoms with E-state index in [1.54, 1.807) is 0 Å². The number of aliphatic hydroxyl groups excluding tert-OH is 1. The van der Waals surface area contributed by atoms with Gasteiger partial charge in [-0.25, -0.2) is 4.79 Å². The molecule has 1 aliphatic heterocycles. The molecule has 140 valence electrons. The molecule has 0 amide bonds. The molecule has 0 saturated heterocycles. The number of hydrogen-bond donors (Lipinski definition) is 1. The second-order valence-electron chi connectivity index (χ2n) is 6.84. The Bertz CT molecular complexity index is 880. The Hall–Kier alpha value is -2.27. The van der Waals surface area contributed by atoms with Crippen LogP contribution in [0.25, 0.3) is 11.0 Å². The zero-order valence-corrected chi connectivity index (χ0v) is 15.7. The number of hydrogen-bond acceptors (Lipinski definition) is 5. The molecule has 1 unspecified atom stereocenters. The van der Waals surface area contributed by atoms with E-state index in [1.807, 2.05) is 39.0 Å². The lowest BCUT2D eigenvalue weighted by molar-refractivity contribution is 0.0178. The van der Waals surface area contributed by atoms with Crippen molar-refractivity contribution in [1.82, 2.24) is 0 Å². The van der Waals surface area contributed by atoms with Crippen molar-refractivity contribution in [2.75, 3.05) is 6.61 Å². The summed E-state index contributed by atoms with van der Waals surface area (Å²) >= 11 is 0. The van der Waals surface area contributed by atoms with Gasteiger partial charge in [0.05, 0.1) is 17.1 Å². The normalized spacial score (nSPS) is 22.4. The van der Waals surface area contributed by atoms with Crippen LogP contribution in [-0.2, 0) is 6.42 Å². The first kappa shape index (κ1) is 18.5. The Morgan fingerprint density at radius 3 is 2.77 bits per heavy atom. The molecule has 3 atom stereocenters. The molecule has 0 bridgehead atoms. The molecule has 0 fully saturated rings. The number of aliphatic hydroxyl groups is 1. The van der Waals surface area contributed by atoms with Crippen molar-refractivity contribution in [3.05, 3.63) is 45.8 Å². The predicted octanol–water partition coefficient (Wildman–Crippen LogP) is 4.15. The van der Waals surface area contributed by atoms with E-state index in [0.29, 0.717) is 29.3 Å². The summed E-state index contributed by atoms with van der Waals surface area (Å²) < 4.78 is 17.5. The molecule has 0 saturated carbocycles. The Morgan fingerprint density at radius 2 is 2.08 bits per heavy atom. The maximum Gasteiger partial charge on any atom is 0.336 e. The van der Waals surface area contributed by atoms with Crippen LogP contribution in [0.2, 0.25) is 0 Å². The lowest BCUT2D eigenvalue weighted by Crippen LogP contribution is -2.32. The number of ether oxygens (including phenoxy) is 2. The van der Waals surface area contributed by atoms with Gasteiger partial charge in [0, 0.05) is 18.1 Å². The monoisotopic (exact) mass is 358 g/mol. The van der Waals surface area contributed by atoms with Crippen LogP contribution in [0.15, 0.2) is 33.5 Å². The van der Waals surface area contributed by atoms with Crippen molar-refractivity contribution in [3.63, 3.8) is 0 Å². The van der Waals surface area contributed by atoms with Gasteiger partial charge in [-0.3, -0.25) is 0 Å². The van der Waals surface area contributed by atoms with Crippen LogP contribution >= 0.6 is 0 Å². The summed E-state index contributed by atoms with van der Waals surface area (Å²) in [4.78, 5) is 12.1. The highest BCUT2D eigenvalue weighted by atomic mass is 16.5. The molecule has 5 nitrogen and oxygen atoms in total. The van der Waals surface area contributed by atoms with Crippen LogP contribution < -0.4 is 15.1 Å². The number of allylic oxidation sites excluding steroid dienone is 1. The fourth-order valence-electron chi connectivity index (χ4n) is 3.40. The molecule has 1 aliphatic rings. The lowest BCUT2D eigenvalue weighted by atomic mass is 9.88. The molecule has 0 spiro atoms. The second kappa shape index (κ2) is 7.54. The number of benzene rings is 1. The number of aryl methyl sites for hydroxylation is 1. The molecule has 3 rings (SSSR count). The van der Waals surface area contributed by atoms with Gasteiger partial charge in [0.2, 0.25) is 0 Å². The molecular weight excluding hydrogens is 332 g/mol. The molecule has 5 heteroatoms. The average Bonchev–Trinajstić information content (AvgIpc) is 2.59. The van der Waals surface area contributed by atoms with Gasteiger partial charge in [-0.1, -0.05) is 32.4 Å². The fraction of sp³-hybridized carbons (Fsp3) is 0.476. The van der Waals surface area contributed by atoms with Crippen LogP contribution in [0.1, 0.15) is 51.3 Å². The Morgan fingerprint density at radius 1 is 1.31 bits per heavy atom. The van der Waals surface area contributed by atoms with Gasteiger partial charge in [0.15, 0.2) is 5.58 Å². The van der Waals surface area contributed by atoms with Crippen LogP contribution in [0.5, 0.6) is 11.5 Å². The molecule has 2 heterocycles. The number of fused-ring (bicyclic) bond motifs is 3. The molecule has 0 radical (unpaired) electrons. The molecule has 1 aromatic heterocycles. The van der Waals surface area contributed by atoms with E-state index in [4.69, 9.17) is 13.9 Å². The molecule has 2 aromatic rings. The summed E-state index contributed by atoms with van der Waals surface area (Å²) in [5, 5.41) is 11.6. The van der Waals surface area contributed by atoms with Crippen molar-refractivity contribution in [2.24, 2.45) is 5.92 Å². The second-order valence-corrected chi connectivity index (χ2v) is 6.84. The zero-order valence-electron chi connectivity index (χ0n) is 15.7. The molecule has 1 N–H and O–H groups in total. The molecule has 26 heavy (non-hydrogen) atoms. The largest absolute Gasteiger partial charge is 0.490 e. The van der Waals surface area contributed by atoms with Crippen molar-refractivity contribution in [1.29, 1.82) is 0 Å². The summed E-state index contributed by atoms with van der Waals surface area (Å²) in [6.07, 6.45) is 4.52. The first-order chi connectivity index (χ1) is 12.5. The Kier molecular flexibility index (Phi) is 5.37. The van der Waals surface area contributed by atoms with E-state index in [1.165, 1.54) is 6.07 Å². The highest BCUT2D eigenvalue weighted by Gasteiger charge is 2.35. The maximum atomic E-state index is 12.1. The van der Waals surface area contributed by atoms with Gasteiger partial charge in [-0.05, 0) is 25.8 Å². The summed E-state index contributed by atoms with van der Waals surface area (Å²) in [5.41, 5.74) is 1.36. The summed E-state index contributed by atoms with van der Waals surface area (Å²) in [6.45, 7) is 8.24. The van der Waals surface area contributed by atoms with Crippen molar-refractivity contribution in [3.8, 4) is 11.5 Å². The Balaban J connectivity index is 2.31. The van der Waals surface area contributed by atoms with E-state index in [-0.39, 0.29) is 12.0 Å². The van der Waals surface area contributed by atoms with E-state index in [0.717, 1.165) is 23.8 Å². The van der Waals surface area contributed by atoms with Crippen molar-refractivity contribution >= 4 is 11.0 Å². The number of rotatable bonds is 5. The third-order valence-corrected chi connectivity index (χ3v) is 5.00. The topological polar surface area (TPSA) is 68.9 Å². The average molecular weight is 358 g/mol. The minimum Gasteiger partial charge on any atom is -0.490 e. The standard InChI is InChI=1S/C21H26O5/c1-5-7-9-24-15-11-16-19(20(23)12(3)13(4)25-16)21-18(15)14(8-6-2)10-17(22)26-21/h5,7,10-13,20,23H,6,8-9H2,1-4H3/b7-5+/t12-,13+,20?/m0/s1. The maximum absolute atomic E-state index is 12.1. The lowest BCUT2D eigenvalue weighted by Gasteiger charge is -2.34. The van der Waals surface area contributed by atoms with Gasteiger partial charge in [-0.2, -0.15) is 0 Å². The minimum atomic E-state index is -0.763. The molecular formula is C21H26O5. The Labute approximate surface area is 153 Å². The smallest absolute Gasteiger partial charge is 0.336 e. The molecule has 0 aliphatic carbocycles. The summed E-state index contributed by atoms with van der Waals surface area (Å²) in [5.74, 6) is 1.02. The van der Waals surface area contributed by atoms with E-state index >= 15 is 0 Å². The van der Waals surface area contributed by atoms with Crippen LogP contribution in [0.4, 0.5) is 0 Å². The van der Waals surface area contributed by atoms with Gasteiger partial charge in [0.25, 0.3) is 0 Å². The SMILES string of the molecule is C/C=C/COc1cc2c(c3oc(=O)cc(CCC)c13)C(O)[C@@H](C)[C@@H](C)O2.